The van der Waals surface area contributed by atoms with Gasteiger partial charge in [-0.2, -0.15) is 0 Å². The first kappa shape index (κ1) is 15.9. The molecule has 3 N–H and O–H groups in total. The van der Waals surface area contributed by atoms with Gasteiger partial charge in [-0.05, 0) is 37.3 Å². The number of nitrogens with one attached hydrogen (secondary N) is 1. The molecule has 0 fully saturated rings. The zero-order valence-electron chi connectivity index (χ0n) is 12.5. The van der Waals surface area contributed by atoms with Gasteiger partial charge in [0, 0.05) is 16.5 Å². The van der Waals surface area contributed by atoms with Crippen molar-refractivity contribution in [3.8, 4) is 11.3 Å². The highest BCUT2D eigenvalue weighted by molar-refractivity contribution is 7.16. The van der Waals surface area contributed by atoms with Crippen LogP contribution in [0.15, 0.2) is 40.9 Å². The summed E-state index contributed by atoms with van der Waals surface area (Å²) in [4.78, 5) is 24.5. The van der Waals surface area contributed by atoms with E-state index in [-0.39, 0.29) is 17.1 Å². The lowest BCUT2D eigenvalue weighted by molar-refractivity contribution is 0.100. The maximum atomic E-state index is 12.9. The van der Waals surface area contributed by atoms with Gasteiger partial charge < -0.3 is 15.6 Å². The van der Waals surface area contributed by atoms with Gasteiger partial charge in [0.05, 0.1) is 5.56 Å². The van der Waals surface area contributed by atoms with Crippen molar-refractivity contribution in [3.63, 3.8) is 0 Å². The number of halogens is 1. The Morgan fingerprint density at radius 2 is 1.96 bits per heavy atom. The summed E-state index contributed by atoms with van der Waals surface area (Å²) in [5, 5.41) is 6.66. The van der Waals surface area contributed by atoms with Crippen LogP contribution in [0.3, 0.4) is 0 Å². The molecular formula is C16H12FN3O3S. The van der Waals surface area contributed by atoms with Gasteiger partial charge in [-0.3, -0.25) is 9.59 Å². The highest BCUT2D eigenvalue weighted by atomic mass is 32.1. The molecule has 3 aromatic rings. The number of thiophene rings is 1. The smallest absolute Gasteiger partial charge is 0.278 e. The third kappa shape index (κ3) is 3.18. The van der Waals surface area contributed by atoms with Crippen molar-refractivity contribution in [1.82, 2.24) is 5.16 Å². The summed E-state index contributed by atoms with van der Waals surface area (Å²) in [6.07, 6.45) is 0. The van der Waals surface area contributed by atoms with Gasteiger partial charge in [-0.15, -0.1) is 11.3 Å². The summed E-state index contributed by atoms with van der Waals surface area (Å²) in [6, 6.07) is 8.65. The molecule has 0 bridgehead atoms. The van der Waals surface area contributed by atoms with Gasteiger partial charge >= 0.3 is 0 Å². The molecule has 0 unspecified atom stereocenters. The average Bonchev–Trinajstić information content (AvgIpc) is 3.15. The molecule has 0 spiro atoms. The molecule has 2 amide bonds. The second-order valence-electron chi connectivity index (χ2n) is 5.00. The molecule has 6 nitrogen and oxygen atoms in total. The maximum Gasteiger partial charge on any atom is 0.278 e. The summed E-state index contributed by atoms with van der Waals surface area (Å²) in [5.74, 6) is -1.20. The van der Waals surface area contributed by atoms with E-state index in [4.69, 9.17) is 10.3 Å². The molecule has 0 saturated heterocycles. The Kier molecular flexibility index (Phi) is 4.13. The van der Waals surface area contributed by atoms with Crippen LogP contribution in [0.1, 0.15) is 25.7 Å². The number of amides is 2. The van der Waals surface area contributed by atoms with E-state index in [1.165, 1.54) is 41.7 Å². The highest BCUT2D eigenvalue weighted by Gasteiger charge is 2.18. The van der Waals surface area contributed by atoms with Crippen molar-refractivity contribution >= 4 is 28.2 Å². The number of aromatic nitrogens is 1. The van der Waals surface area contributed by atoms with Crippen LogP contribution >= 0.6 is 11.3 Å². The fourth-order valence-electron chi connectivity index (χ4n) is 2.09. The number of benzene rings is 1. The SMILES string of the molecule is Cc1cc(C(N)=O)c(NC(=O)c2cc(-c3ccc(F)cc3)on2)s1. The number of nitrogens with zero attached hydrogens (tertiary/aromatic N) is 1. The lowest BCUT2D eigenvalue weighted by Gasteiger charge is -2.01. The van der Waals surface area contributed by atoms with Crippen LogP contribution in [-0.4, -0.2) is 17.0 Å². The third-order valence-corrected chi connectivity index (χ3v) is 4.19. The molecule has 0 aliphatic heterocycles. The number of primary amides is 1. The van der Waals surface area contributed by atoms with Gasteiger partial charge in [0.15, 0.2) is 11.5 Å². The predicted octanol–water partition coefficient (Wildman–Crippen LogP) is 3.20. The second kappa shape index (κ2) is 6.25. The van der Waals surface area contributed by atoms with Crippen LogP contribution in [0.5, 0.6) is 0 Å². The van der Waals surface area contributed by atoms with E-state index in [1.54, 1.807) is 13.0 Å². The minimum Gasteiger partial charge on any atom is -0.366 e. The first-order valence-corrected chi connectivity index (χ1v) is 7.70. The minimum atomic E-state index is -0.623. The molecule has 0 atom stereocenters. The fraction of sp³-hybridized carbons (Fsp3) is 0.0625. The molecule has 0 saturated carbocycles. The van der Waals surface area contributed by atoms with Gasteiger partial charge in [-0.1, -0.05) is 5.16 Å². The summed E-state index contributed by atoms with van der Waals surface area (Å²) in [5.41, 5.74) is 6.16. The first-order valence-electron chi connectivity index (χ1n) is 6.88. The Bertz CT molecular complexity index is 915. The molecular weight excluding hydrogens is 333 g/mol. The van der Waals surface area contributed by atoms with Gasteiger partial charge in [0.1, 0.15) is 10.8 Å². The standard InChI is InChI=1S/C16H12FN3O3S/c1-8-6-11(14(18)21)16(24-8)19-15(22)12-7-13(23-20-12)9-2-4-10(17)5-3-9/h2-7H,1H3,(H2,18,21)(H,19,22). The van der Waals surface area contributed by atoms with E-state index in [0.29, 0.717) is 16.3 Å². The lowest BCUT2D eigenvalue weighted by atomic mass is 10.1. The van der Waals surface area contributed by atoms with Crippen LogP contribution < -0.4 is 11.1 Å². The van der Waals surface area contributed by atoms with Gasteiger partial charge in [0.25, 0.3) is 11.8 Å². The molecule has 122 valence electrons. The Hall–Kier alpha value is -3.00. The summed E-state index contributed by atoms with van der Waals surface area (Å²) in [6.45, 7) is 1.80. The molecule has 24 heavy (non-hydrogen) atoms. The zero-order chi connectivity index (χ0) is 17.3. The Morgan fingerprint density at radius 1 is 1.25 bits per heavy atom. The van der Waals surface area contributed by atoms with Crippen molar-refractivity contribution in [1.29, 1.82) is 0 Å². The number of hydrogen-bond donors (Lipinski definition) is 2. The molecule has 0 aliphatic rings. The Labute approximate surface area is 140 Å². The first-order chi connectivity index (χ1) is 11.4. The predicted molar refractivity (Wildman–Crippen MR) is 87.4 cm³/mol. The number of carbonyl (C=O) groups excluding carboxylic acids is 2. The van der Waals surface area contributed by atoms with Crippen molar-refractivity contribution in [2.75, 3.05) is 5.32 Å². The number of nitrogens with two attached hydrogens (primary N) is 1. The van der Waals surface area contributed by atoms with E-state index in [9.17, 15) is 14.0 Å². The van der Waals surface area contributed by atoms with Gasteiger partial charge in [0.2, 0.25) is 0 Å². The fourth-order valence-corrected chi connectivity index (χ4v) is 3.00. The van der Waals surface area contributed by atoms with Crippen LogP contribution in [0.4, 0.5) is 9.39 Å². The van der Waals surface area contributed by atoms with E-state index in [2.05, 4.69) is 10.5 Å². The third-order valence-electron chi connectivity index (χ3n) is 3.22. The van der Waals surface area contributed by atoms with Crippen molar-refractivity contribution in [2.45, 2.75) is 6.92 Å². The van der Waals surface area contributed by atoms with E-state index in [1.807, 2.05) is 0 Å². The number of rotatable bonds is 4. The van der Waals surface area contributed by atoms with E-state index >= 15 is 0 Å². The maximum absolute atomic E-state index is 12.9. The Balaban J connectivity index is 1.82. The average molecular weight is 345 g/mol. The van der Waals surface area contributed by atoms with Crippen LogP contribution in [0.25, 0.3) is 11.3 Å². The zero-order valence-corrected chi connectivity index (χ0v) is 13.3. The van der Waals surface area contributed by atoms with Gasteiger partial charge in [-0.25, -0.2) is 4.39 Å². The van der Waals surface area contributed by atoms with Crippen LogP contribution in [0.2, 0.25) is 0 Å². The quantitative estimate of drug-likeness (QED) is 0.758. The topological polar surface area (TPSA) is 98.2 Å². The molecule has 8 heteroatoms. The van der Waals surface area contributed by atoms with E-state index < -0.39 is 11.8 Å². The van der Waals surface area contributed by atoms with Crippen LogP contribution in [0, 0.1) is 12.7 Å². The normalized spacial score (nSPS) is 10.6. The van der Waals surface area contributed by atoms with E-state index in [0.717, 1.165) is 4.88 Å². The Morgan fingerprint density at radius 3 is 2.62 bits per heavy atom. The lowest BCUT2D eigenvalue weighted by Crippen LogP contribution is -2.16. The summed E-state index contributed by atoms with van der Waals surface area (Å²) < 4.78 is 18.0. The summed E-state index contributed by atoms with van der Waals surface area (Å²) in [7, 11) is 0. The largest absolute Gasteiger partial charge is 0.366 e. The minimum absolute atomic E-state index is 0.0378. The second-order valence-corrected chi connectivity index (χ2v) is 6.26. The molecule has 0 aliphatic carbocycles. The molecule has 2 aromatic heterocycles. The van der Waals surface area contributed by atoms with Crippen molar-refractivity contribution in [3.05, 3.63) is 58.3 Å². The van der Waals surface area contributed by atoms with Crippen molar-refractivity contribution < 1.29 is 18.5 Å². The monoisotopic (exact) mass is 345 g/mol. The highest BCUT2D eigenvalue weighted by Crippen LogP contribution is 2.28. The molecule has 1 aromatic carbocycles. The number of anilines is 1. The molecule has 2 heterocycles. The van der Waals surface area contributed by atoms with Crippen LogP contribution in [-0.2, 0) is 0 Å². The molecule has 0 radical (unpaired) electrons. The number of carbonyl (C=O) groups is 2. The van der Waals surface area contributed by atoms with Crippen molar-refractivity contribution in [2.24, 2.45) is 5.73 Å². The number of hydrogen-bond acceptors (Lipinski definition) is 5. The molecule has 3 rings (SSSR count). The summed E-state index contributed by atoms with van der Waals surface area (Å²) >= 11 is 1.24. The number of aryl methyl sites for hydroxylation is 1.